The monoisotopic (exact) mass is 510 g/mol. The molecular weight excluding hydrogens is 487 g/mol. The Bertz CT molecular complexity index is 809. The zero-order valence-corrected chi connectivity index (χ0v) is 17.2. The zero-order valence-electron chi connectivity index (χ0n) is 15.0. The fourth-order valence-electron chi connectivity index (χ4n) is 2.74. The lowest BCUT2D eigenvalue weighted by Gasteiger charge is -2.15. The van der Waals surface area contributed by atoms with Gasteiger partial charge < -0.3 is 25.6 Å². The van der Waals surface area contributed by atoms with E-state index in [0.717, 1.165) is 10.8 Å². The van der Waals surface area contributed by atoms with Crippen LogP contribution in [0.25, 0.3) is 0 Å². The first-order chi connectivity index (χ1) is 13.3. The number of anilines is 1. The largest absolute Gasteiger partial charge is 0.394 e. The quantitative estimate of drug-likeness (QED) is 0.159. The number of carbonyl (C=O) groups is 2. The van der Waals surface area contributed by atoms with Crippen molar-refractivity contribution in [3.63, 3.8) is 0 Å². The number of aliphatic hydroxyl groups is 2. The summed E-state index contributed by atoms with van der Waals surface area (Å²) in [7, 11) is 0. The predicted molar refractivity (Wildman–Crippen MR) is 107 cm³/mol. The zero-order chi connectivity index (χ0) is 20.7. The number of unbranched alkanes of at least 4 members (excludes halogenated alkanes) is 1. The van der Waals surface area contributed by atoms with Gasteiger partial charge in [0, 0.05) is 25.6 Å². The molecule has 2 amide bonds. The molecular formula is C16H23IN4O7. The maximum absolute atomic E-state index is 12.0. The summed E-state index contributed by atoms with van der Waals surface area (Å²) in [6, 6.07) is 0. The van der Waals surface area contributed by atoms with E-state index in [1.807, 2.05) is 22.6 Å². The van der Waals surface area contributed by atoms with E-state index in [9.17, 15) is 24.3 Å². The predicted octanol–water partition coefficient (Wildman–Crippen LogP) is -1.16. The number of nitrogens with zero attached hydrogens (tertiary/aromatic N) is 1. The van der Waals surface area contributed by atoms with Gasteiger partial charge in [-0.1, -0.05) is 22.6 Å². The van der Waals surface area contributed by atoms with E-state index < -0.39 is 42.2 Å². The second-order valence-electron chi connectivity index (χ2n) is 6.31. The number of hydrogen-bond donors (Lipinski definition) is 5. The third-order valence-corrected chi connectivity index (χ3v) is 4.90. The van der Waals surface area contributed by atoms with E-state index in [2.05, 4.69) is 15.6 Å². The Kier molecular flexibility index (Phi) is 8.59. The molecule has 0 unspecified atom stereocenters. The highest BCUT2D eigenvalue weighted by molar-refractivity contribution is 14.1. The molecule has 1 aliphatic heterocycles. The minimum atomic E-state index is -0.945. The number of aromatic amines is 1. The highest BCUT2D eigenvalue weighted by Crippen LogP contribution is 2.27. The Morgan fingerprint density at radius 2 is 2.07 bits per heavy atom. The fraction of sp³-hybridized carbons (Fsp3) is 0.625. The Balaban J connectivity index is 1.95. The Labute approximate surface area is 173 Å². The molecule has 1 saturated heterocycles. The lowest BCUT2D eigenvalue weighted by atomic mass is 10.2. The van der Waals surface area contributed by atoms with Crippen molar-refractivity contribution < 1.29 is 24.5 Å². The minimum Gasteiger partial charge on any atom is -0.394 e. The number of H-pyrrole nitrogens is 1. The first-order valence-electron chi connectivity index (χ1n) is 8.78. The molecule has 1 aromatic rings. The van der Waals surface area contributed by atoms with Crippen molar-refractivity contribution in [3.8, 4) is 0 Å². The standard InChI is InChI=1S/C16H23IN4O7/c17-6-13(25)18-4-2-1-3-12(24)19-9-7-21(16(27)20-15(9)26)14-5-10(23)11(8-22)28-14/h7,10-11,14,22-23H,1-6,8H2,(H,18,25)(H,19,24)(H,20,26,27)/t10-,11+,14+/m0/s1. The summed E-state index contributed by atoms with van der Waals surface area (Å²) in [6.07, 6.45) is -0.139. The Hall–Kier alpha value is -1.77. The van der Waals surface area contributed by atoms with Crippen LogP contribution in [-0.4, -0.2) is 61.4 Å². The molecule has 0 spiro atoms. The summed E-state index contributed by atoms with van der Waals surface area (Å²) >= 11 is 1.96. The molecule has 2 heterocycles. The molecule has 2 rings (SSSR count). The number of aliphatic hydroxyl groups excluding tert-OH is 2. The van der Waals surface area contributed by atoms with E-state index in [-0.39, 0.29) is 24.4 Å². The number of rotatable bonds is 9. The summed E-state index contributed by atoms with van der Waals surface area (Å²) in [5.74, 6) is -0.474. The maximum atomic E-state index is 12.0. The van der Waals surface area contributed by atoms with Crippen molar-refractivity contribution >= 4 is 40.1 Å². The summed E-state index contributed by atoms with van der Waals surface area (Å²) in [5.41, 5.74) is -1.61. The fourth-order valence-corrected chi connectivity index (χ4v) is 3.01. The van der Waals surface area contributed by atoms with Crippen molar-refractivity contribution in [3.05, 3.63) is 27.0 Å². The van der Waals surface area contributed by atoms with Crippen molar-refractivity contribution in [1.29, 1.82) is 0 Å². The molecule has 3 atom stereocenters. The van der Waals surface area contributed by atoms with Crippen LogP contribution < -0.4 is 21.9 Å². The minimum absolute atomic E-state index is 0.0630. The van der Waals surface area contributed by atoms with Gasteiger partial charge in [0.15, 0.2) is 0 Å². The molecule has 28 heavy (non-hydrogen) atoms. The Morgan fingerprint density at radius 1 is 1.32 bits per heavy atom. The molecule has 1 fully saturated rings. The van der Waals surface area contributed by atoms with Crippen molar-refractivity contribution in [2.24, 2.45) is 0 Å². The Morgan fingerprint density at radius 3 is 2.71 bits per heavy atom. The highest BCUT2D eigenvalue weighted by Gasteiger charge is 2.35. The summed E-state index contributed by atoms with van der Waals surface area (Å²) in [4.78, 5) is 49.2. The molecule has 156 valence electrons. The van der Waals surface area contributed by atoms with Gasteiger partial charge in [-0.25, -0.2) is 4.79 Å². The molecule has 0 radical (unpaired) electrons. The molecule has 5 N–H and O–H groups in total. The molecule has 0 aliphatic carbocycles. The molecule has 11 nitrogen and oxygen atoms in total. The van der Waals surface area contributed by atoms with E-state index in [1.165, 1.54) is 0 Å². The van der Waals surface area contributed by atoms with E-state index >= 15 is 0 Å². The number of alkyl halides is 1. The number of amides is 2. The molecule has 0 bridgehead atoms. The molecule has 0 saturated carbocycles. The summed E-state index contributed by atoms with van der Waals surface area (Å²) in [5, 5.41) is 24.1. The normalized spacial score (nSPS) is 21.5. The van der Waals surface area contributed by atoms with Crippen LogP contribution in [0, 0.1) is 0 Å². The van der Waals surface area contributed by atoms with Gasteiger partial charge in [-0.2, -0.15) is 0 Å². The van der Waals surface area contributed by atoms with Crippen LogP contribution in [-0.2, 0) is 14.3 Å². The van der Waals surface area contributed by atoms with Crippen LogP contribution in [0.1, 0.15) is 31.9 Å². The highest BCUT2D eigenvalue weighted by atomic mass is 127. The van der Waals surface area contributed by atoms with Gasteiger partial charge in [-0.15, -0.1) is 0 Å². The second kappa shape index (κ2) is 10.7. The first kappa shape index (κ1) is 22.5. The van der Waals surface area contributed by atoms with E-state index in [1.54, 1.807) is 0 Å². The summed E-state index contributed by atoms with van der Waals surface area (Å²) < 4.78 is 6.84. The SMILES string of the molecule is O=C(CI)NCCCCC(=O)Nc1cn([C@H]2C[C@H](O)[C@@H](CO)O2)c(=O)[nH]c1=O. The van der Waals surface area contributed by atoms with Crippen LogP contribution in [0.4, 0.5) is 5.69 Å². The number of halogens is 1. The molecule has 12 heteroatoms. The van der Waals surface area contributed by atoms with Crippen molar-refractivity contribution in [2.45, 2.75) is 44.1 Å². The van der Waals surface area contributed by atoms with Gasteiger partial charge in [0.05, 0.1) is 17.1 Å². The number of ether oxygens (including phenoxy) is 1. The number of aromatic nitrogens is 2. The average molecular weight is 510 g/mol. The third-order valence-electron chi connectivity index (χ3n) is 4.21. The molecule has 1 aliphatic rings. The lowest BCUT2D eigenvalue weighted by Crippen LogP contribution is -2.34. The van der Waals surface area contributed by atoms with E-state index in [0.29, 0.717) is 23.8 Å². The summed E-state index contributed by atoms with van der Waals surface area (Å²) in [6.45, 7) is 0.0611. The van der Waals surface area contributed by atoms with Gasteiger partial charge in [0.25, 0.3) is 5.56 Å². The van der Waals surface area contributed by atoms with Crippen LogP contribution in [0.15, 0.2) is 15.8 Å². The average Bonchev–Trinajstić information content (AvgIpc) is 3.03. The molecule has 0 aromatic carbocycles. The lowest BCUT2D eigenvalue weighted by molar-refractivity contribution is -0.118. The second-order valence-corrected chi connectivity index (χ2v) is 7.08. The van der Waals surface area contributed by atoms with Crippen LogP contribution in [0.5, 0.6) is 0 Å². The van der Waals surface area contributed by atoms with Gasteiger partial charge in [0.1, 0.15) is 18.0 Å². The number of nitrogens with one attached hydrogen (secondary N) is 3. The first-order valence-corrected chi connectivity index (χ1v) is 10.3. The van der Waals surface area contributed by atoms with Gasteiger partial charge in [-0.05, 0) is 12.8 Å². The smallest absolute Gasteiger partial charge is 0.330 e. The topological polar surface area (TPSA) is 163 Å². The van der Waals surface area contributed by atoms with Crippen LogP contribution in [0.2, 0.25) is 0 Å². The van der Waals surface area contributed by atoms with E-state index in [4.69, 9.17) is 9.84 Å². The van der Waals surface area contributed by atoms with Gasteiger partial charge in [0.2, 0.25) is 11.8 Å². The third kappa shape index (κ3) is 6.12. The molecule has 1 aromatic heterocycles. The van der Waals surface area contributed by atoms with Crippen molar-refractivity contribution in [2.75, 3.05) is 22.9 Å². The number of hydrogen-bond acceptors (Lipinski definition) is 7. The van der Waals surface area contributed by atoms with Gasteiger partial charge in [-0.3, -0.25) is 23.9 Å². The maximum Gasteiger partial charge on any atom is 0.330 e. The number of carbonyl (C=O) groups excluding carboxylic acids is 2. The van der Waals surface area contributed by atoms with Gasteiger partial charge >= 0.3 is 5.69 Å². The van der Waals surface area contributed by atoms with Crippen LogP contribution >= 0.6 is 22.6 Å². The van der Waals surface area contributed by atoms with Crippen molar-refractivity contribution in [1.82, 2.24) is 14.9 Å². The van der Waals surface area contributed by atoms with Crippen LogP contribution in [0.3, 0.4) is 0 Å².